The standard InChI is InChI=1S/C12H15F2NO/c1-8(7-15-9-5-6-9)16-11-4-2-3-10(13)12(11)14/h2-4,8-9,15H,5-7H2,1H3. The van der Waals surface area contributed by atoms with Crippen LogP contribution in [-0.4, -0.2) is 18.7 Å². The zero-order valence-corrected chi connectivity index (χ0v) is 9.17. The second-order valence-electron chi connectivity index (χ2n) is 4.16. The molecule has 1 aromatic rings. The van der Waals surface area contributed by atoms with Crippen LogP contribution in [0.5, 0.6) is 5.75 Å². The van der Waals surface area contributed by atoms with Crippen LogP contribution < -0.4 is 10.1 Å². The van der Waals surface area contributed by atoms with Gasteiger partial charge in [-0.05, 0) is 31.9 Å². The van der Waals surface area contributed by atoms with Crippen LogP contribution in [-0.2, 0) is 0 Å². The second kappa shape index (κ2) is 4.78. The molecule has 1 saturated carbocycles. The molecular formula is C12H15F2NO. The van der Waals surface area contributed by atoms with Crippen molar-refractivity contribution in [2.24, 2.45) is 0 Å². The number of benzene rings is 1. The van der Waals surface area contributed by atoms with Crippen LogP contribution in [0.2, 0.25) is 0 Å². The molecule has 0 bridgehead atoms. The molecule has 0 saturated heterocycles. The molecule has 0 spiro atoms. The quantitative estimate of drug-likeness (QED) is 0.834. The van der Waals surface area contributed by atoms with Gasteiger partial charge in [0.25, 0.3) is 0 Å². The Hall–Kier alpha value is -1.16. The van der Waals surface area contributed by atoms with Gasteiger partial charge in [-0.15, -0.1) is 0 Å². The summed E-state index contributed by atoms with van der Waals surface area (Å²) in [6.45, 7) is 2.49. The van der Waals surface area contributed by atoms with Gasteiger partial charge in [-0.1, -0.05) is 6.07 Å². The summed E-state index contributed by atoms with van der Waals surface area (Å²) in [5, 5.41) is 3.27. The number of hydrogen-bond acceptors (Lipinski definition) is 2. The molecule has 88 valence electrons. The Morgan fingerprint density at radius 3 is 2.88 bits per heavy atom. The van der Waals surface area contributed by atoms with Crippen molar-refractivity contribution in [3.8, 4) is 5.75 Å². The van der Waals surface area contributed by atoms with E-state index >= 15 is 0 Å². The summed E-state index contributed by atoms with van der Waals surface area (Å²) in [4.78, 5) is 0. The predicted molar refractivity (Wildman–Crippen MR) is 57.5 cm³/mol. The molecular weight excluding hydrogens is 212 g/mol. The first-order valence-corrected chi connectivity index (χ1v) is 5.51. The Kier molecular flexibility index (Phi) is 3.39. The third kappa shape index (κ3) is 2.92. The summed E-state index contributed by atoms with van der Waals surface area (Å²) in [6, 6.07) is 4.54. The highest BCUT2D eigenvalue weighted by atomic mass is 19.2. The zero-order valence-electron chi connectivity index (χ0n) is 9.17. The van der Waals surface area contributed by atoms with Gasteiger partial charge in [0, 0.05) is 12.6 Å². The lowest BCUT2D eigenvalue weighted by molar-refractivity contribution is 0.205. The minimum absolute atomic E-state index is 0.0231. The number of hydrogen-bond donors (Lipinski definition) is 1. The van der Waals surface area contributed by atoms with Crippen molar-refractivity contribution in [2.45, 2.75) is 31.9 Å². The molecule has 1 fully saturated rings. The fraction of sp³-hybridized carbons (Fsp3) is 0.500. The predicted octanol–water partition coefficient (Wildman–Crippen LogP) is 2.48. The van der Waals surface area contributed by atoms with Crippen LogP contribution in [0.15, 0.2) is 18.2 Å². The average molecular weight is 227 g/mol. The first-order valence-electron chi connectivity index (χ1n) is 5.51. The molecule has 0 amide bonds. The van der Waals surface area contributed by atoms with Crippen LogP contribution in [0, 0.1) is 11.6 Å². The molecule has 4 heteroatoms. The highest BCUT2D eigenvalue weighted by Crippen LogP contribution is 2.21. The van der Waals surface area contributed by atoms with Crippen LogP contribution >= 0.6 is 0 Å². The minimum atomic E-state index is -0.916. The topological polar surface area (TPSA) is 21.3 Å². The lowest BCUT2D eigenvalue weighted by Gasteiger charge is -2.15. The molecule has 0 radical (unpaired) electrons. The van der Waals surface area contributed by atoms with Crippen molar-refractivity contribution in [3.05, 3.63) is 29.8 Å². The van der Waals surface area contributed by atoms with E-state index in [-0.39, 0.29) is 11.9 Å². The Morgan fingerprint density at radius 1 is 1.44 bits per heavy atom. The van der Waals surface area contributed by atoms with E-state index in [0.29, 0.717) is 12.6 Å². The first-order chi connectivity index (χ1) is 7.66. The van der Waals surface area contributed by atoms with Gasteiger partial charge in [0.2, 0.25) is 5.82 Å². The molecule has 1 aliphatic carbocycles. The molecule has 1 unspecified atom stereocenters. The third-order valence-electron chi connectivity index (χ3n) is 2.52. The normalized spacial score (nSPS) is 17.2. The summed E-state index contributed by atoms with van der Waals surface area (Å²) in [5.74, 6) is -1.81. The van der Waals surface area contributed by atoms with Crippen molar-refractivity contribution in [1.82, 2.24) is 5.32 Å². The van der Waals surface area contributed by atoms with E-state index < -0.39 is 11.6 Å². The molecule has 1 N–H and O–H groups in total. The average Bonchev–Trinajstić information content (AvgIpc) is 3.06. The Bertz CT molecular complexity index is 366. The Balaban J connectivity index is 1.88. The van der Waals surface area contributed by atoms with Gasteiger partial charge in [-0.2, -0.15) is 4.39 Å². The maximum atomic E-state index is 13.3. The van der Waals surface area contributed by atoms with Crippen LogP contribution in [0.25, 0.3) is 0 Å². The van der Waals surface area contributed by atoms with Crippen molar-refractivity contribution in [3.63, 3.8) is 0 Å². The van der Waals surface area contributed by atoms with E-state index in [2.05, 4.69) is 5.32 Å². The molecule has 0 heterocycles. The lowest BCUT2D eigenvalue weighted by atomic mass is 10.3. The maximum absolute atomic E-state index is 13.3. The van der Waals surface area contributed by atoms with Crippen LogP contribution in [0.4, 0.5) is 8.78 Å². The van der Waals surface area contributed by atoms with Gasteiger partial charge in [0.15, 0.2) is 11.6 Å². The molecule has 2 nitrogen and oxygen atoms in total. The molecule has 0 aromatic heterocycles. The zero-order chi connectivity index (χ0) is 11.5. The number of ether oxygens (including phenoxy) is 1. The van der Waals surface area contributed by atoms with Crippen molar-refractivity contribution in [2.75, 3.05) is 6.54 Å². The van der Waals surface area contributed by atoms with Gasteiger partial charge in [-0.3, -0.25) is 0 Å². The maximum Gasteiger partial charge on any atom is 0.200 e. The SMILES string of the molecule is CC(CNC1CC1)Oc1cccc(F)c1F. The number of nitrogens with one attached hydrogen (secondary N) is 1. The molecule has 0 aliphatic heterocycles. The van der Waals surface area contributed by atoms with Crippen LogP contribution in [0.1, 0.15) is 19.8 Å². The highest BCUT2D eigenvalue weighted by Gasteiger charge is 2.21. The van der Waals surface area contributed by atoms with E-state index in [1.165, 1.54) is 25.0 Å². The monoisotopic (exact) mass is 227 g/mol. The van der Waals surface area contributed by atoms with E-state index in [0.717, 1.165) is 6.07 Å². The summed E-state index contributed by atoms with van der Waals surface area (Å²) < 4.78 is 31.5. The summed E-state index contributed by atoms with van der Waals surface area (Å²) in [6.07, 6.45) is 2.22. The molecule has 1 aromatic carbocycles. The van der Waals surface area contributed by atoms with Crippen molar-refractivity contribution in [1.29, 1.82) is 0 Å². The van der Waals surface area contributed by atoms with E-state index in [1.807, 2.05) is 6.92 Å². The lowest BCUT2D eigenvalue weighted by Crippen LogP contribution is -2.30. The van der Waals surface area contributed by atoms with Gasteiger partial charge in [-0.25, -0.2) is 4.39 Å². The van der Waals surface area contributed by atoms with E-state index in [4.69, 9.17) is 4.74 Å². The summed E-state index contributed by atoms with van der Waals surface area (Å²) in [7, 11) is 0. The minimum Gasteiger partial charge on any atom is -0.486 e. The van der Waals surface area contributed by atoms with Gasteiger partial charge in [0.05, 0.1) is 0 Å². The highest BCUT2D eigenvalue weighted by molar-refractivity contribution is 5.25. The molecule has 2 rings (SSSR count). The molecule has 16 heavy (non-hydrogen) atoms. The Morgan fingerprint density at radius 2 is 2.19 bits per heavy atom. The van der Waals surface area contributed by atoms with Gasteiger partial charge < -0.3 is 10.1 Å². The fourth-order valence-corrected chi connectivity index (χ4v) is 1.45. The van der Waals surface area contributed by atoms with Gasteiger partial charge >= 0.3 is 0 Å². The fourth-order valence-electron chi connectivity index (χ4n) is 1.45. The number of rotatable bonds is 5. The summed E-state index contributed by atoms with van der Waals surface area (Å²) in [5.41, 5.74) is 0. The first kappa shape index (κ1) is 11.3. The largest absolute Gasteiger partial charge is 0.486 e. The van der Waals surface area contributed by atoms with E-state index in [9.17, 15) is 8.78 Å². The van der Waals surface area contributed by atoms with Crippen LogP contribution in [0.3, 0.4) is 0 Å². The molecule has 1 atom stereocenters. The smallest absolute Gasteiger partial charge is 0.200 e. The van der Waals surface area contributed by atoms with Crippen molar-refractivity contribution >= 4 is 0 Å². The Labute approximate surface area is 93.6 Å². The summed E-state index contributed by atoms with van der Waals surface area (Å²) >= 11 is 0. The second-order valence-corrected chi connectivity index (χ2v) is 4.16. The molecule has 1 aliphatic rings. The number of halogens is 2. The van der Waals surface area contributed by atoms with E-state index in [1.54, 1.807) is 0 Å². The van der Waals surface area contributed by atoms with Crippen molar-refractivity contribution < 1.29 is 13.5 Å². The van der Waals surface area contributed by atoms with Gasteiger partial charge in [0.1, 0.15) is 6.10 Å². The third-order valence-corrected chi connectivity index (χ3v) is 2.52.